The first-order valence-corrected chi connectivity index (χ1v) is 10.4. The van der Waals surface area contributed by atoms with Crippen molar-refractivity contribution in [3.63, 3.8) is 0 Å². The van der Waals surface area contributed by atoms with Gasteiger partial charge in [-0.1, -0.05) is 81.0 Å². The van der Waals surface area contributed by atoms with Crippen molar-refractivity contribution in [2.45, 2.75) is 26.2 Å². The molecule has 30 heavy (non-hydrogen) atoms. The maximum Gasteiger partial charge on any atom is 0.338 e. The smallest absolute Gasteiger partial charge is 0.338 e. The summed E-state index contributed by atoms with van der Waals surface area (Å²) in [5, 5.41) is 0. The largest absolute Gasteiger partial charge is 0.494 e. The first-order chi connectivity index (χ1) is 14.7. The molecule has 0 radical (unpaired) electrons. The SMILES string of the molecule is C=CCOC(=O)c1ccc(-c2ccc(-c3ccc(OCCCCC)cc3)cc2)cc1. The molecule has 0 atom stereocenters. The minimum atomic E-state index is -0.338. The molecule has 0 saturated heterocycles. The van der Waals surface area contributed by atoms with Crippen LogP contribution >= 0.6 is 0 Å². The van der Waals surface area contributed by atoms with Gasteiger partial charge in [-0.05, 0) is 52.9 Å². The van der Waals surface area contributed by atoms with Crippen LogP contribution in [0.3, 0.4) is 0 Å². The summed E-state index contributed by atoms with van der Waals surface area (Å²) in [6, 6.07) is 24.1. The number of hydrogen-bond donors (Lipinski definition) is 0. The molecular weight excluding hydrogens is 372 g/mol. The zero-order valence-corrected chi connectivity index (χ0v) is 17.5. The van der Waals surface area contributed by atoms with E-state index in [1.807, 2.05) is 24.3 Å². The predicted molar refractivity (Wildman–Crippen MR) is 123 cm³/mol. The Morgan fingerprint density at radius 2 is 1.30 bits per heavy atom. The van der Waals surface area contributed by atoms with Crippen LogP contribution < -0.4 is 4.74 Å². The molecule has 0 fully saturated rings. The van der Waals surface area contributed by atoms with Gasteiger partial charge in [0.25, 0.3) is 0 Å². The number of unbranched alkanes of at least 4 members (excludes halogenated alkanes) is 2. The molecule has 0 N–H and O–H groups in total. The van der Waals surface area contributed by atoms with Crippen LogP contribution in [0.1, 0.15) is 36.5 Å². The zero-order chi connectivity index (χ0) is 21.2. The predicted octanol–water partition coefficient (Wildman–Crippen LogP) is 6.93. The van der Waals surface area contributed by atoms with Crippen molar-refractivity contribution in [1.29, 1.82) is 0 Å². The van der Waals surface area contributed by atoms with Gasteiger partial charge in [-0.3, -0.25) is 0 Å². The quantitative estimate of drug-likeness (QED) is 0.210. The van der Waals surface area contributed by atoms with E-state index in [0.29, 0.717) is 5.56 Å². The summed E-state index contributed by atoms with van der Waals surface area (Å²) in [5.74, 6) is 0.577. The molecule has 3 rings (SSSR count). The summed E-state index contributed by atoms with van der Waals surface area (Å²) in [6.07, 6.45) is 5.05. The van der Waals surface area contributed by atoms with Crippen molar-refractivity contribution in [2.75, 3.05) is 13.2 Å². The third-order valence-corrected chi connectivity index (χ3v) is 4.88. The van der Waals surface area contributed by atoms with E-state index in [1.165, 1.54) is 12.8 Å². The molecule has 0 unspecified atom stereocenters. The van der Waals surface area contributed by atoms with E-state index >= 15 is 0 Å². The standard InChI is InChI=1S/C27H28O3/c1-3-5-6-20-29-26-17-15-24(16-18-26)22-9-7-21(8-10-22)23-11-13-25(14-12-23)27(28)30-19-4-2/h4,7-18H,2-3,5-6,19-20H2,1H3. The average molecular weight is 401 g/mol. The number of ether oxygens (including phenoxy) is 2. The third-order valence-electron chi connectivity index (χ3n) is 4.88. The van der Waals surface area contributed by atoms with Crippen molar-refractivity contribution in [2.24, 2.45) is 0 Å². The highest BCUT2D eigenvalue weighted by atomic mass is 16.5. The Hall–Kier alpha value is -3.33. The van der Waals surface area contributed by atoms with Gasteiger partial charge in [-0.15, -0.1) is 0 Å². The summed E-state index contributed by atoms with van der Waals surface area (Å²) in [5.41, 5.74) is 5.00. The Kier molecular flexibility index (Phi) is 7.85. The molecule has 3 aromatic carbocycles. The molecule has 0 aliphatic heterocycles. The monoisotopic (exact) mass is 400 g/mol. The summed E-state index contributed by atoms with van der Waals surface area (Å²) in [4.78, 5) is 11.9. The van der Waals surface area contributed by atoms with E-state index in [1.54, 1.807) is 18.2 Å². The van der Waals surface area contributed by atoms with Gasteiger partial charge in [0, 0.05) is 0 Å². The lowest BCUT2D eigenvalue weighted by atomic mass is 9.99. The van der Waals surface area contributed by atoms with Gasteiger partial charge in [0.05, 0.1) is 12.2 Å². The lowest BCUT2D eigenvalue weighted by molar-refractivity contribution is 0.0550. The summed E-state index contributed by atoms with van der Waals surface area (Å²) in [7, 11) is 0. The van der Waals surface area contributed by atoms with Crippen LogP contribution in [0, 0.1) is 0 Å². The molecule has 0 bridgehead atoms. The van der Waals surface area contributed by atoms with Gasteiger partial charge in [-0.2, -0.15) is 0 Å². The van der Waals surface area contributed by atoms with Crippen LogP contribution in [0.2, 0.25) is 0 Å². The van der Waals surface area contributed by atoms with E-state index in [4.69, 9.17) is 9.47 Å². The van der Waals surface area contributed by atoms with Crippen LogP contribution in [0.25, 0.3) is 22.3 Å². The molecule has 3 heteroatoms. The molecule has 3 nitrogen and oxygen atoms in total. The molecule has 0 spiro atoms. The Labute approximate surface area is 179 Å². The molecule has 3 aromatic rings. The van der Waals surface area contributed by atoms with Crippen molar-refractivity contribution < 1.29 is 14.3 Å². The van der Waals surface area contributed by atoms with E-state index in [2.05, 4.69) is 49.9 Å². The Bertz CT molecular complexity index is 939. The zero-order valence-electron chi connectivity index (χ0n) is 17.5. The maximum atomic E-state index is 11.9. The number of hydrogen-bond acceptors (Lipinski definition) is 3. The molecule has 0 amide bonds. The fraction of sp³-hybridized carbons (Fsp3) is 0.222. The van der Waals surface area contributed by atoms with Gasteiger partial charge in [0.1, 0.15) is 12.4 Å². The average Bonchev–Trinajstić information content (AvgIpc) is 2.81. The second-order valence-electron chi connectivity index (χ2n) is 7.12. The Morgan fingerprint density at radius 3 is 1.80 bits per heavy atom. The van der Waals surface area contributed by atoms with Crippen LogP contribution in [0.5, 0.6) is 5.75 Å². The number of benzene rings is 3. The van der Waals surface area contributed by atoms with Gasteiger partial charge in [0.15, 0.2) is 0 Å². The normalized spacial score (nSPS) is 10.4. The van der Waals surface area contributed by atoms with Gasteiger partial charge in [-0.25, -0.2) is 4.79 Å². The third kappa shape index (κ3) is 5.84. The van der Waals surface area contributed by atoms with Crippen LogP contribution in [0.4, 0.5) is 0 Å². The summed E-state index contributed by atoms with van der Waals surface area (Å²) < 4.78 is 10.8. The lowest BCUT2D eigenvalue weighted by Gasteiger charge is -2.08. The van der Waals surface area contributed by atoms with Gasteiger partial charge in [0.2, 0.25) is 0 Å². The molecule has 0 aliphatic rings. The fourth-order valence-corrected chi connectivity index (χ4v) is 3.16. The van der Waals surface area contributed by atoms with Crippen LogP contribution in [-0.2, 0) is 4.74 Å². The number of rotatable bonds is 10. The maximum absolute atomic E-state index is 11.9. The highest BCUT2D eigenvalue weighted by Gasteiger charge is 2.07. The Balaban J connectivity index is 1.63. The van der Waals surface area contributed by atoms with Gasteiger partial charge < -0.3 is 9.47 Å². The first kappa shape index (κ1) is 21.4. The molecule has 0 aromatic heterocycles. The number of carbonyl (C=O) groups is 1. The minimum Gasteiger partial charge on any atom is -0.494 e. The minimum absolute atomic E-state index is 0.216. The number of esters is 1. The van der Waals surface area contributed by atoms with E-state index < -0.39 is 0 Å². The topological polar surface area (TPSA) is 35.5 Å². The van der Waals surface area contributed by atoms with E-state index in [9.17, 15) is 4.79 Å². The van der Waals surface area contributed by atoms with E-state index in [-0.39, 0.29) is 12.6 Å². The summed E-state index contributed by atoms with van der Waals surface area (Å²) in [6.45, 7) is 6.73. The fourth-order valence-electron chi connectivity index (χ4n) is 3.16. The number of carbonyl (C=O) groups excluding carboxylic acids is 1. The van der Waals surface area contributed by atoms with Crippen LogP contribution in [-0.4, -0.2) is 19.2 Å². The van der Waals surface area contributed by atoms with Crippen molar-refractivity contribution in [1.82, 2.24) is 0 Å². The van der Waals surface area contributed by atoms with E-state index in [0.717, 1.165) is 41.0 Å². The van der Waals surface area contributed by atoms with Crippen molar-refractivity contribution >= 4 is 5.97 Å². The highest BCUT2D eigenvalue weighted by molar-refractivity contribution is 5.90. The lowest BCUT2D eigenvalue weighted by Crippen LogP contribution is -2.04. The van der Waals surface area contributed by atoms with Gasteiger partial charge >= 0.3 is 5.97 Å². The molecule has 0 saturated carbocycles. The second kappa shape index (κ2) is 11.0. The molecular formula is C27H28O3. The van der Waals surface area contributed by atoms with Crippen molar-refractivity contribution in [3.05, 3.63) is 91.0 Å². The van der Waals surface area contributed by atoms with Crippen LogP contribution in [0.15, 0.2) is 85.5 Å². The second-order valence-corrected chi connectivity index (χ2v) is 7.12. The first-order valence-electron chi connectivity index (χ1n) is 10.4. The van der Waals surface area contributed by atoms with Crippen molar-refractivity contribution in [3.8, 4) is 28.0 Å². The Morgan fingerprint density at radius 1 is 0.800 bits per heavy atom. The molecule has 0 aliphatic carbocycles. The molecule has 154 valence electrons. The molecule has 0 heterocycles. The summed E-state index contributed by atoms with van der Waals surface area (Å²) >= 11 is 0. The highest BCUT2D eigenvalue weighted by Crippen LogP contribution is 2.26.